The van der Waals surface area contributed by atoms with Crippen molar-refractivity contribution in [2.75, 3.05) is 57.8 Å². The molecule has 10 heteroatoms. The summed E-state index contributed by atoms with van der Waals surface area (Å²) in [5.41, 5.74) is -1.01. The normalized spacial score (nSPS) is 16.1. The number of carbonyl (C=O) groups excluding carboxylic acids is 1. The van der Waals surface area contributed by atoms with Crippen LogP contribution in [0.15, 0.2) is 23.5 Å². The summed E-state index contributed by atoms with van der Waals surface area (Å²) in [4.78, 5) is 29.6. The molecule has 0 radical (unpaired) electrons. The molecular weight excluding hydrogens is 396 g/mol. The van der Waals surface area contributed by atoms with Gasteiger partial charge in [0.25, 0.3) is 0 Å². The highest BCUT2D eigenvalue weighted by molar-refractivity contribution is 5.79. The van der Waals surface area contributed by atoms with Gasteiger partial charge in [0.05, 0.1) is 5.54 Å². The second kappa shape index (κ2) is 11.1. The summed E-state index contributed by atoms with van der Waals surface area (Å²) in [6, 6.07) is 1.83. The maximum Gasteiger partial charge on any atom is 0.408 e. The van der Waals surface area contributed by atoms with Gasteiger partial charge in [0.15, 0.2) is 5.96 Å². The Bertz CT molecular complexity index is 710. The third-order valence-corrected chi connectivity index (χ3v) is 4.69. The second-order valence-electron chi connectivity index (χ2n) is 9.24. The van der Waals surface area contributed by atoms with E-state index >= 15 is 0 Å². The third kappa shape index (κ3) is 9.37. The zero-order valence-electron chi connectivity index (χ0n) is 19.7. The molecule has 1 amide bonds. The molecule has 2 heterocycles. The minimum Gasteiger partial charge on any atom is -0.444 e. The fourth-order valence-corrected chi connectivity index (χ4v) is 3.11. The fraction of sp³-hybridized carbons (Fsp3) is 0.714. The Morgan fingerprint density at radius 2 is 1.74 bits per heavy atom. The van der Waals surface area contributed by atoms with Gasteiger partial charge in [0.1, 0.15) is 5.60 Å². The van der Waals surface area contributed by atoms with Crippen molar-refractivity contribution in [2.24, 2.45) is 4.99 Å². The monoisotopic (exact) mass is 434 g/mol. The van der Waals surface area contributed by atoms with E-state index in [1.165, 1.54) is 0 Å². The van der Waals surface area contributed by atoms with Gasteiger partial charge in [0, 0.05) is 65.3 Å². The van der Waals surface area contributed by atoms with E-state index < -0.39 is 17.2 Å². The minimum absolute atomic E-state index is 0.428. The summed E-state index contributed by atoms with van der Waals surface area (Å²) < 4.78 is 5.33. The number of aromatic nitrogens is 2. The summed E-state index contributed by atoms with van der Waals surface area (Å²) in [6.07, 6.45) is 3.13. The molecule has 0 aromatic carbocycles. The topological polar surface area (TPSA) is 107 Å². The van der Waals surface area contributed by atoms with Crippen molar-refractivity contribution in [1.29, 1.82) is 0 Å². The van der Waals surface area contributed by atoms with E-state index in [0.29, 0.717) is 12.5 Å². The van der Waals surface area contributed by atoms with Crippen LogP contribution in [0.2, 0.25) is 0 Å². The first kappa shape index (κ1) is 24.6. The molecule has 0 unspecified atom stereocenters. The summed E-state index contributed by atoms with van der Waals surface area (Å²) >= 11 is 0. The molecule has 1 aliphatic heterocycles. The number of piperazine rings is 1. The van der Waals surface area contributed by atoms with Crippen LogP contribution in [0.1, 0.15) is 34.6 Å². The van der Waals surface area contributed by atoms with Crippen LogP contribution in [-0.4, -0.2) is 90.9 Å². The van der Waals surface area contributed by atoms with Gasteiger partial charge in [-0.05, 0) is 40.7 Å². The standard InChI is InChI=1S/C21H38N8O2/c1-20(2,3)31-19(30)27-21(4,5)16-26-17(22-6)23-10-11-28-12-14-29(15-13-28)18-24-8-7-9-25-18/h7-9H,10-16H2,1-6H3,(H,27,30)(H2,22,23,26). The summed E-state index contributed by atoms with van der Waals surface area (Å²) in [5.74, 6) is 1.50. The predicted octanol–water partition coefficient (Wildman–Crippen LogP) is 1.07. The Kier molecular flexibility index (Phi) is 8.85. The first-order valence-electron chi connectivity index (χ1n) is 10.8. The summed E-state index contributed by atoms with van der Waals surface area (Å²) in [6.45, 7) is 15.4. The molecule has 0 aliphatic carbocycles. The maximum absolute atomic E-state index is 12.0. The number of aliphatic imine (C=N–C) groups is 1. The molecule has 1 aromatic heterocycles. The molecular formula is C21H38N8O2. The number of nitrogens with one attached hydrogen (secondary N) is 3. The summed E-state index contributed by atoms with van der Waals surface area (Å²) in [5, 5.41) is 9.50. The van der Waals surface area contributed by atoms with Crippen molar-refractivity contribution >= 4 is 18.0 Å². The number of carbonyl (C=O) groups is 1. The zero-order chi connectivity index (χ0) is 22.9. The van der Waals surface area contributed by atoms with Crippen LogP contribution in [0.25, 0.3) is 0 Å². The molecule has 0 saturated carbocycles. The minimum atomic E-state index is -0.523. The van der Waals surface area contributed by atoms with Crippen molar-refractivity contribution in [1.82, 2.24) is 30.8 Å². The lowest BCUT2D eigenvalue weighted by Gasteiger charge is -2.34. The molecule has 3 N–H and O–H groups in total. The number of amides is 1. The number of anilines is 1. The number of ether oxygens (including phenoxy) is 1. The highest BCUT2D eigenvalue weighted by Crippen LogP contribution is 2.10. The average Bonchev–Trinajstić information content (AvgIpc) is 2.69. The van der Waals surface area contributed by atoms with E-state index in [4.69, 9.17) is 4.74 Å². The summed E-state index contributed by atoms with van der Waals surface area (Å²) in [7, 11) is 1.74. The lowest BCUT2D eigenvalue weighted by Crippen LogP contribution is -2.55. The highest BCUT2D eigenvalue weighted by atomic mass is 16.6. The lowest BCUT2D eigenvalue weighted by atomic mass is 10.1. The Labute approximate surface area is 185 Å². The Balaban J connectivity index is 1.66. The number of nitrogens with zero attached hydrogens (tertiary/aromatic N) is 5. The van der Waals surface area contributed by atoms with E-state index in [1.807, 2.05) is 40.7 Å². The van der Waals surface area contributed by atoms with E-state index in [1.54, 1.807) is 19.4 Å². The van der Waals surface area contributed by atoms with Gasteiger partial charge in [-0.3, -0.25) is 9.89 Å². The van der Waals surface area contributed by atoms with Crippen molar-refractivity contribution < 1.29 is 9.53 Å². The first-order chi connectivity index (χ1) is 14.6. The Morgan fingerprint density at radius 1 is 1.10 bits per heavy atom. The van der Waals surface area contributed by atoms with Crippen LogP contribution >= 0.6 is 0 Å². The molecule has 1 aromatic rings. The van der Waals surface area contributed by atoms with Crippen LogP contribution in [0.3, 0.4) is 0 Å². The van der Waals surface area contributed by atoms with Crippen LogP contribution in [0, 0.1) is 0 Å². The van der Waals surface area contributed by atoms with E-state index in [0.717, 1.165) is 45.2 Å². The predicted molar refractivity (Wildman–Crippen MR) is 123 cm³/mol. The quantitative estimate of drug-likeness (QED) is 0.432. The van der Waals surface area contributed by atoms with Crippen molar-refractivity contribution in [2.45, 2.75) is 45.8 Å². The number of hydrogen-bond donors (Lipinski definition) is 3. The fourth-order valence-electron chi connectivity index (χ4n) is 3.11. The van der Waals surface area contributed by atoms with Gasteiger partial charge in [0.2, 0.25) is 5.95 Å². The van der Waals surface area contributed by atoms with Crippen LogP contribution in [0.4, 0.5) is 10.7 Å². The Morgan fingerprint density at radius 3 is 2.32 bits per heavy atom. The molecule has 2 rings (SSSR count). The first-order valence-corrected chi connectivity index (χ1v) is 10.8. The Hall–Kier alpha value is -2.62. The lowest BCUT2D eigenvalue weighted by molar-refractivity contribution is 0.0474. The van der Waals surface area contributed by atoms with Crippen LogP contribution < -0.4 is 20.9 Å². The van der Waals surface area contributed by atoms with Crippen LogP contribution in [0.5, 0.6) is 0 Å². The van der Waals surface area contributed by atoms with E-state index in [2.05, 4.69) is 40.7 Å². The van der Waals surface area contributed by atoms with Gasteiger partial charge in [-0.25, -0.2) is 14.8 Å². The molecule has 31 heavy (non-hydrogen) atoms. The number of rotatable bonds is 7. The third-order valence-electron chi connectivity index (χ3n) is 4.69. The van der Waals surface area contributed by atoms with Gasteiger partial charge in [-0.15, -0.1) is 0 Å². The number of guanidine groups is 1. The van der Waals surface area contributed by atoms with E-state index in [-0.39, 0.29) is 0 Å². The van der Waals surface area contributed by atoms with Crippen molar-refractivity contribution in [3.63, 3.8) is 0 Å². The molecule has 1 aliphatic rings. The van der Waals surface area contributed by atoms with Crippen LogP contribution in [-0.2, 0) is 4.74 Å². The van der Waals surface area contributed by atoms with Gasteiger partial charge < -0.3 is 25.6 Å². The molecule has 1 fully saturated rings. The molecule has 0 atom stereocenters. The highest BCUT2D eigenvalue weighted by Gasteiger charge is 2.25. The largest absolute Gasteiger partial charge is 0.444 e. The number of alkyl carbamates (subject to hydrolysis) is 1. The van der Waals surface area contributed by atoms with Crippen molar-refractivity contribution in [3.05, 3.63) is 18.5 Å². The maximum atomic E-state index is 12.0. The molecule has 174 valence electrons. The van der Waals surface area contributed by atoms with Gasteiger partial charge in [-0.1, -0.05) is 0 Å². The zero-order valence-corrected chi connectivity index (χ0v) is 19.7. The van der Waals surface area contributed by atoms with E-state index in [9.17, 15) is 4.79 Å². The SMILES string of the molecule is CN=C(NCCN1CCN(c2ncccn2)CC1)NCC(C)(C)NC(=O)OC(C)(C)C. The molecule has 1 saturated heterocycles. The average molecular weight is 435 g/mol. The second-order valence-corrected chi connectivity index (χ2v) is 9.24. The van der Waals surface area contributed by atoms with Gasteiger partial charge in [-0.2, -0.15) is 0 Å². The van der Waals surface area contributed by atoms with Gasteiger partial charge >= 0.3 is 6.09 Å². The smallest absolute Gasteiger partial charge is 0.408 e. The number of hydrogen-bond acceptors (Lipinski definition) is 7. The molecule has 0 bridgehead atoms. The molecule has 10 nitrogen and oxygen atoms in total. The molecule has 0 spiro atoms. The van der Waals surface area contributed by atoms with Crippen molar-refractivity contribution in [3.8, 4) is 0 Å².